The van der Waals surface area contributed by atoms with Crippen molar-refractivity contribution in [2.75, 3.05) is 18.0 Å². The Kier molecular flexibility index (Phi) is 4.25. The number of likely N-dealkylation sites (tertiary alicyclic amines) is 1. The molecule has 0 saturated carbocycles. The van der Waals surface area contributed by atoms with Gasteiger partial charge in [-0.1, -0.05) is 11.6 Å². The van der Waals surface area contributed by atoms with E-state index in [9.17, 15) is 10.1 Å². The van der Waals surface area contributed by atoms with Crippen LogP contribution in [0.4, 0.5) is 22.1 Å². The van der Waals surface area contributed by atoms with E-state index in [1.807, 2.05) is 42.2 Å². The number of urea groups is 1. The maximum atomic E-state index is 12.5. The fourth-order valence-corrected chi connectivity index (χ4v) is 4.44. The number of nitriles is 1. The minimum atomic E-state index is -0.422. The number of primary amides is 1. The van der Waals surface area contributed by atoms with E-state index in [1.54, 1.807) is 0 Å². The highest BCUT2D eigenvalue weighted by Gasteiger charge is 2.51. The molecule has 8 heteroatoms. The Balaban J connectivity index is 1.90. The molecule has 27 heavy (non-hydrogen) atoms. The van der Waals surface area contributed by atoms with Crippen LogP contribution in [0.2, 0.25) is 5.02 Å². The number of aromatic nitrogens is 2. The molecule has 0 aliphatic carbocycles. The van der Waals surface area contributed by atoms with Crippen molar-refractivity contribution in [3.63, 3.8) is 0 Å². The summed E-state index contributed by atoms with van der Waals surface area (Å²) in [5.41, 5.74) is 7.70. The molecule has 4 rings (SSSR count). The number of fused-ring (bicyclic) bond motifs is 1. The second-order valence-electron chi connectivity index (χ2n) is 7.08. The molecule has 3 heterocycles. The number of anilines is 2. The molecule has 1 unspecified atom stereocenters. The lowest BCUT2D eigenvalue weighted by Gasteiger charge is -2.33. The van der Waals surface area contributed by atoms with Crippen LogP contribution in [-0.2, 0) is 6.42 Å². The third kappa shape index (κ3) is 2.64. The first-order valence-electron chi connectivity index (χ1n) is 9.00. The molecule has 2 aliphatic heterocycles. The van der Waals surface area contributed by atoms with Crippen molar-refractivity contribution >= 4 is 35.0 Å². The van der Waals surface area contributed by atoms with E-state index in [1.165, 1.54) is 0 Å². The average Bonchev–Trinajstić information content (AvgIpc) is 3.25. The minimum absolute atomic E-state index is 0.00596. The van der Waals surface area contributed by atoms with Crippen LogP contribution in [0, 0.1) is 11.3 Å². The molecule has 1 aromatic carbocycles. The van der Waals surface area contributed by atoms with E-state index in [0.29, 0.717) is 36.2 Å². The summed E-state index contributed by atoms with van der Waals surface area (Å²) in [7, 11) is 0. The Morgan fingerprint density at radius 2 is 2.11 bits per heavy atom. The monoisotopic (exact) mass is 383 g/mol. The third-order valence-electron chi connectivity index (χ3n) is 5.70. The minimum Gasteiger partial charge on any atom is -0.325 e. The summed E-state index contributed by atoms with van der Waals surface area (Å²) < 4.78 is -0.00596. The molecular weight excluding hydrogens is 364 g/mol. The van der Waals surface area contributed by atoms with E-state index in [2.05, 4.69) is 9.97 Å². The van der Waals surface area contributed by atoms with E-state index in [-0.39, 0.29) is 16.3 Å². The summed E-state index contributed by atoms with van der Waals surface area (Å²) in [6, 6.07) is 9.13. The average molecular weight is 384 g/mol. The number of nitrogens with zero attached hydrogens (tertiary/aromatic N) is 5. The Morgan fingerprint density at radius 1 is 1.37 bits per heavy atom. The lowest BCUT2D eigenvalue weighted by molar-refractivity contribution is 0.204. The van der Waals surface area contributed by atoms with Gasteiger partial charge in [0.1, 0.15) is 17.9 Å². The number of hydrogen-bond acceptors (Lipinski definition) is 5. The molecule has 138 valence electrons. The number of carbonyl (C=O) groups excluding carboxylic acids is 1. The summed E-state index contributed by atoms with van der Waals surface area (Å²) in [5.74, 6) is 1.32. The number of halogens is 1. The van der Waals surface area contributed by atoms with Crippen LogP contribution in [0.15, 0.2) is 24.3 Å². The smallest absolute Gasteiger partial charge is 0.325 e. The molecule has 2 amide bonds. The molecule has 1 aromatic heterocycles. The largest absolute Gasteiger partial charge is 0.420 e. The third-order valence-corrected chi connectivity index (χ3v) is 5.95. The summed E-state index contributed by atoms with van der Waals surface area (Å²) in [6.45, 7) is 3.32. The van der Waals surface area contributed by atoms with Crippen molar-refractivity contribution in [3.05, 3.63) is 40.7 Å². The Hall–Kier alpha value is -2.69. The van der Waals surface area contributed by atoms with Crippen molar-refractivity contribution in [1.82, 2.24) is 14.5 Å². The molecule has 2 N–H and O–H groups in total. The van der Waals surface area contributed by atoms with Crippen LogP contribution < -0.4 is 15.1 Å². The summed E-state index contributed by atoms with van der Waals surface area (Å²) in [6.07, 6.45) is 2.48. The Morgan fingerprint density at radius 3 is 2.70 bits per heavy atom. The second-order valence-corrected chi connectivity index (χ2v) is 7.52. The highest BCUT2D eigenvalue weighted by Crippen LogP contribution is 2.43. The van der Waals surface area contributed by atoms with Crippen LogP contribution in [0.1, 0.15) is 31.2 Å². The highest BCUT2D eigenvalue weighted by molar-refractivity contribution is 6.30. The van der Waals surface area contributed by atoms with Crippen molar-refractivity contribution < 1.29 is 4.79 Å². The molecule has 2 atom stereocenters. The molecule has 2 aromatic rings. The summed E-state index contributed by atoms with van der Waals surface area (Å²) in [4.78, 5) is 23.5. The number of carbonyl (C=O) groups is 1. The fourth-order valence-electron chi connectivity index (χ4n) is 4.31. The zero-order valence-electron chi connectivity index (χ0n) is 15.0. The van der Waals surface area contributed by atoms with Gasteiger partial charge < -0.3 is 10.6 Å². The van der Waals surface area contributed by atoms with Crippen LogP contribution in [0.25, 0.3) is 0 Å². The first-order valence-corrected chi connectivity index (χ1v) is 9.37. The fraction of sp³-hybridized carbons (Fsp3) is 0.368. The first-order chi connectivity index (χ1) is 13.0. The molecule has 0 spiro atoms. The maximum Gasteiger partial charge on any atom is 0.420 e. The van der Waals surface area contributed by atoms with Gasteiger partial charge in [0.25, 0.3) is 0 Å². The Labute approximate surface area is 162 Å². The predicted molar refractivity (Wildman–Crippen MR) is 104 cm³/mol. The van der Waals surface area contributed by atoms with Gasteiger partial charge in [-0.25, -0.2) is 9.78 Å². The van der Waals surface area contributed by atoms with Gasteiger partial charge in [0.15, 0.2) is 0 Å². The van der Waals surface area contributed by atoms with Crippen molar-refractivity contribution in [2.45, 2.75) is 32.2 Å². The van der Waals surface area contributed by atoms with Crippen molar-refractivity contribution in [3.8, 4) is 6.07 Å². The van der Waals surface area contributed by atoms with Gasteiger partial charge in [0.05, 0.1) is 12.1 Å². The SMILES string of the molecule is C[C@@H]1CCC[N+]1(C(N)=O)c1nc(C#N)nc2c1CCN2c1ccc(Cl)cc1. The van der Waals surface area contributed by atoms with E-state index < -0.39 is 6.03 Å². The van der Waals surface area contributed by atoms with Crippen LogP contribution in [0.3, 0.4) is 0 Å². The topological polar surface area (TPSA) is 95.9 Å². The molecule has 2 aliphatic rings. The van der Waals surface area contributed by atoms with Gasteiger partial charge in [0, 0.05) is 36.5 Å². The van der Waals surface area contributed by atoms with Gasteiger partial charge in [0.2, 0.25) is 11.6 Å². The van der Waals surface area contributed by atoms with Crippen LogP contribution >= 0.6 is 11.6 Å². The van der Waals surface area contributed by atoms with Crippen molar-refractivity contribution in [2.24, 2.45) is 5.73 Å². The van der Waals surface area contributed by atoms with Gasteiger partial charge in [-0.3, -0.25) is 0 Å². The lowest BCUT2D eigenvalue weighted by Crippen LogP contribution is -2.60. The van der Waals surface area contributed by atoms with Crippen LogP contribution in [0.5, 0.6) is 0 Å². The highest BCUT2D eigenvalue weighted by atomic mass is 35.5. The maximum absolute atomic E-state index is 12.5. The number of benzene rings is 1. The molecule has 7 nitrogen and oxygen atoms in total. The molecule has 1 fully saturated rings. The van der Waals surface area contributed by atoms with E-state index in [0.717, 1.165) is 24.1 Å². The van der Waals surface area contributed by atoms with Gasteiger partial charge >= 0.3 is 6.03 Å². The number of hydrogen-bond donors (Lipinski definition) is 1. The van der Waals surface area contributed by atoms with Gasteiger partial charge in [-0.2, -0.15) is 14.7 Å². The quantitative estimate of drug-likeness (QED) is 0.803. The molecule has 0 radical (unpaired) electrons. The lowest BCUT2D eigenvalue weighted by atomic mass is 10.1. The number of quaternary nitrogens is 1. The molecular formula is C19H20ClN6O+. The summed E-state index contributed by atoms with van der Waals surface area (Å²) >= 11 is 6.01. The number of rotatable bonds is 2. The summed E-state index contributed by atoms with van der Waals surface area (Å²) in [5, 5.41) is 10.1. The molecule has 0 bridgehead atoms. The standard InChI is InChI=1S/C19H19ClN6O/c1-12-3-2-10-26(12,19(22)27)18-15-8-9-25(14-6-4-13(20)5-7-14)17(15)23-16(11-21)24-18/h4-7,12H,2-3,8-10H2,1H3,(H-,22,27)/p+1/t12-,26?/m1/s1. The Bertz CT molecular complexity index is 954. The number of amides is 2. The normalized spacial score (nSPS) is 23.9. The van der Waals surface area contributed by atoms with Crippen LogP contribution in [-0.4, -0.2) is 35.1 Å². The number of nitrogens with two attached hydrogens (primary N) is 1. The zero-order chi connectivity index (χ0) is 19.2. The van der Waals surface area contributed by atoms with Gasteiger partial charge in [-0.05, 0) is 31.2 Å². The van der Waals surface area contributed by atoms with Gasteiger partial charge in [-0.15, -0.1) is 0 Å². The molecule has 1 saturated heterocycles. The zero-order valence-corrected chi connectivity index (χ0v) is 15.8. The van der Waals surface area contributed by atoms with E-state index >= 15 is 0 Å². The van der Waals surface area contributed by atoms with Crippen molar-refractivity contribution in [1.29, 1.82) is 5.26 Å². The first kappa shape index (κ1) is 17.7. The predicted octanol–water partition coefficient (Wildman–Crippen LogP) is 3.26. The second kappa shape index (κ2) is 6.48. The van der Waals surface area contributed by atoms with E-state index in [4.69, 9.17) is 17.3 Å².